The van der Waals surface area contributed by atoms with Gasteiger partial charge in [0.15, 0.2) is 5.78 Å². The van der Waals surface area contributed by atoms with Crippen LogP contribution in [0.25, 0.3) is 0 Å². The third-order valence-electron chi connectivity index (χ3n) is 6.18. The van der Waals surface area contributed by atoms with Gasteiger partial charge in [0.1, 0.15) is 11.8 Å². The van der Waals surface area contributed by atoms with E-state index in [0.717, 1.165) is 29.1 Å². The van der Waals surface area contributed by atoms with Gasteiger partial charge >= 0.3 is 0 Å². The number of rotatable bonds is 3. The Kier molecular flexibility index (Phi) is 4.97. The summed E-state index contributed by atoms with van der Waals surface area (Å²) in [7, 11) is 0. The van der Waals surface area contributed by atoms with Gasteiger partial charge in [-0.25, -0.2) is 0 Å². The Bertz CT molecular complexity index is 1190. The Morgan fingerprint density at radius 2 is 1.78 bits per heavy atom. The second-order valence-electron chi connectivity index (χ2n) is 9.32. The monoisotopic (exact) mass is 426 g/mol. The van der Waals surface area contributed by atoms with E-state index in [4.69, 9.17) is 4.42 Å². The van der Waals surface area contributed by atoms with Crippen molar-refractivity contribution in [2.75, 3.05) is 10.2 Å². The molecule has 1 aliphatic carbocycles. The van der Waals surface area contributed by atoms with E-state index < -0.39 is 6.04 Å². The first kappa shape index (κ1) is 20.3. The van der Waals surface area contributed by atoms with Gasteiger partial charge in [0, 0.05) is 17.7 Å². The summed E-state index contributed by atoms with van der Waals surface area (Å²) in [6.07, 6.45) is 2.98. The van der Waals surface area contributed by atoms with E-state index >= 15 is 0 Å². The van der Waals surface area contributed by atoms with Crippen molar-refractivity contribution in [1.82, 2.24) is 0 Å². The highest BCUT2D eigenvalue weighted by Crippen LogP contribution is 2.48. The molecule has 0 saturated heterocycles. The van der Waals surface area contributed by atoms with E-state index in [1.165, 1.54) is 0 Å². The van der Waals surface area contributed by atoms with E-state index in [2.05, 4.69) is 19.2 Å². The van der Waals surface area contributed by atoms with Gasteiger partial charge in [-0.3, -0.25) is 14.5 Å². The fraction of sp³-hybridized carbons (Fsp3) is 0.259. The van der Waals surface area contributed by atoms with Crippen LogP contribution in [-0.4, -0.2) is 11.7 Å². The molecule has 1 N–H and O–H groups in total. The molecule has 0 unspecified atom stereocenters. The van der Waals surface area contributed by atoms with E-state index in [0.29, 0.717) is 17.8 Å². The highest BCUT2D eigenvalue weighted by molar-refractivity contribution is 6.06. The van der Waals surface area contributed by atoms with Crippen molar-refractivity contribution in [3.8, 4) is 0 Å². The Morgan fingerprint density at radius 3 is 2.53 bits per heavy atom. The topological polar surface area (TPSA) is 62.6 Å². The molecule has 5 heteroatoms. The van der Waals surface area contributed by atoms with Crippen LogP contribution in [0.15, 0.2) is 88.7 Å². The Labute approximate surface area is 187 Å². The molecule has 0 radical (unpaired) electrons. The molecule has 5 rings (SSSR count). The lowest BCUT2D eigenvalue weighted by atomic mass is 9.74. The number of nitrogens with one attached hydrogen (secondary N) is 1. The number of allylic oxidation sites excluding steroid dienone is 1. The molecule has 3 aromatic rings. The fourth-order valence-electron chi connectivity index (χ4n) is 4.83. The number of Topliss-reactive ketones (excluding diaryl/α,β-unsaturated/α-hetero) is 1. The number of carbonyl (C=O) groups is 2. The fourth-order valence-corrected chi connectivity index (χ4v) is 4.83. The van der Waals surface area contributed by atoms with Gasteiger partial charge in [-0.2, -0.15) is 0 Å². The lowest BCUT2D eigenvalue weighted by Crippen LogP contribution is -2.40. The Morgan fingerprint density at radius 1 is 1.03 bits per heavy atom. The molecule has 1 amide bonds. The summed E-state index contributed by atoms with van der Waals surface area (Å²) in [4.78, 5) is 29.1. The molecule has 5 nitrogen and oxygen atoms in total. The molecular weight excluding hydrogens is 400 g/mol. The van der Waals surface area contributed by atoms with E-state index in [-0.39, 0.29) is 23.5 Å². The zero-order valence-electron chi connectivity index (χ0n) is 18.3. The maximum absolute atomic E-state index is 13.8. The van der Waals surface area contributed by atoms with Crippen LogP contribution in [0, 0.1) is 5.41 Å². The minimum Gasteiger partial charge on any atom is -0.467 e. The first-order valence-corrected chi connectivity index (χ1v) is 10.9. The van der Waals surface area contributed by atoms with Crippen LogP contribution in [0.3, 0.4) is 0 Å². The van der Waals surface area contributed by atoms with Crippen molar-refractivity contribution in [3.63, 3.8) is 0 Å². The van der Waals surface area contributed by atoms with Crippen LogP contribution < -0.4 is 10.2 Å². The van der Waals surface area contributed by atoms with Crippen LogP contribution in [0.4, 0.5) is 11.4 Å². The second kappa shape index (κ2) is 7.83. The summed E-state index contributed by atoms with van der Waals surface area (Å²) in [5.74, 6) is 0.555. The third kappa shape index (κ3) is 3.64. The SMILES string of the molecule is CC1(C)CC(=O)C2=C(C1)Nc1ccccc1N(C(=O)Cc1ccccc1)[C@H]2c1ccco1. The van der Waals surface area contributed by atoms with Gasteiger partial charge in [-0.15, -0.1) is 0 Å². The van der Waals surface area contributed by atoms with Crippen LogP contribution in [0.2, 0.25) is 0 Å². The van der Waals surface area contributed by atoms with Gasteiger partial charge in [-0.1, -0.05) is 56.3 Å². The van der Waals surface area contributed by atoms with Crippen molar-refractivity contribution in [3.05, 3.63) is 95.6 Å². The van der Waals surface area contributed by atoms with Gasteiger partial charge in [0.05, 0.1) is 24.1 Å². The molecule has 1 aromatic heterocycles. The van der Waals surface area contributed by atoms with Gasteiger partial charge in [0.25, 0.3) is 0 Å². The van der Waals surface area contributed by atoms with Crippen LogP contribution >= 0.6 is 0 Å². The number of fused-ring (bicyclic) bond motifs is 1. The maximum atomic E-state index is 13.8. The Hall–Kier alpha value is -3.60. The highest BCUT2D eigenvalue weighted by atomic mass is 16.3. The molecule has 0 fully saturated rings. The van der Waals surface area contributed by atoms with Crippen molar-refractivity contribution in [1.29, 1.82) is 0 Å². The zero-order chi connectivity index (χ0) is 22.3. The standard InChI is InChI=1S/C27H26N2O3/c1-27(2)16-20-25(22(30)17-27)26(23-13-8-14-32-23)29(21-12-7-6-11-19(21)28-20)24(31)15-18-9-4-3-5-10-18/h3-14,26,28H,15-17H2,1-2H3/t26-/m0/s1. The van der Waals surface area contributed by atoms with Crippen molar-refractivity contribution in [2.45, 2.75) is 39.2 Å². The molecular formula is C27H26N2O3. The lowest BCUT2D eigenvalue weighted by molar-refractivity contribution is -0.119. The van der Waals surface area contributed by atoms with Gasteiger partial charge in [-0.05, 0) is 41.7 Å². The molecule has 2 heterocycles. The number of anilines is 2. The number of furan rings is 1. The molecule has 0 spiro atoms. The molecule has 2 aliphatic rings. The van der Waals surface area contributed by atoms with Gasteiger partial charge < -0.3 is 9.73 Å². The van der Waals surface area contributed by atoms with Crippen LogP contribution in [-0.2, 0) is 16.0 Å². The predicted molar refractivity (Wildman–Crippen MR) is 124 cm³/mol. The number of amides is 1. The molecule has 1 atom stereocenters. The van der Waals surface area contributed by atoms with E-state index in [9.17, 15) is 9.59 Å². The van der Waals surface area contributed by atoms with Crippen LogP contribution in [0.1, 0.15) is 44.1 Å². The number of nitrogens with zero attached hydrogens (tertiary/aromatic N) is 1. The summed E-state index contributed by atoms with van der Waals surface area (Å²) in [6, 6.07) is 20.5. The molecule has 0 bridgehead atoms. The van der Waals surface area contributed by atoms with Crippen molar-refractivity contribution < 1.29 is 14.0 Å². The average molecular weight is 427 g/mol. The van der Waals surface area contributed by atoms with Gasteiger partial charge in [0.2, 0.25) is 5.91 Å². The lowest BCUT2D eigenvalue weighted by Gasteiger charge is -2.36. The second-order valence-corrected chi connectivity index (χ2v) is 9.32. The summed E-state index contributed by atoms with van der Waals surface area (Å²) < 4.78 is 5.82. The molecule has 162 valence electrons. The summed E-state index contributed by atoms with van der Waals surface area (Å²) >= 11 is 0. The summed E-state index contributed by atoms with van der Waals surface area (Å²) in [6.45, 7) is 4.21. The number of hydrogen-bond donors (Lipinski definition) is 1. The number of benzene rings is 2. The smallest absolute Gasteiger partial charge is 0.232 e. The Balaban J connectivity index is 1.70. The minimum atomic E-state index is -0.615. The maximum Gasteiger partial charge on any atom is 0.232 e. The third-order valence-corrected chi connectivity index (χ3v) is 6.18. The van der Waals surface area contributed by atoms with E-state index in [1.54, 1.807) is 17.2 Å². The largest absolute Gasteiger partial charge is 0.467 e. The minimum absolute atomic E-state index is 0.0514. The van der Waals surface area contributed by atoms with Crippen molar-refractivity contribution >= 4 is 23.1 Å². The van der Waals surface area contributed by atoms with Crippen LogP contribution in [0.5, 0.6) is 0 Å². The normalized spacial score (nSPS) is 19.6. The first-order valence-electron chi connectivity index (χ1n) is 10.9. The first-order chi connectivity index (χ1) is 15.4. The average Bonchev–Trinajstić information content (AvgIpc) is 3.23. The molecule has 32 heavy (non-hydrogen) atoms. The predicted octanol–water partition coefficient (Wildman–Crippen LogP) is 5.67. The molecule has 0 saturated carbocycles. The highest BCUT2D eigenvalue weighted by Gasteiger charge is 2.44. The number of ketones is 1. The quantitative estimate of drug-likeness (QED) is 0.587. The number of carbonyl (C=O) groups excluding carboxylic acids is 2. The summed E-state index contributed by atoms with van der Waals surface area (Å²) in [5, 5.41) is 3.51. The zero-order valence-corrected chi connectivity index (χ0v) is 18.3. The number of hydrogen-bond acceptors (Lipinski definition) is 4. The molecule has 1 aliphatic heterocycles. The van der Waals surface area contributed by atoms with Crippen molar-refractivity contribution in [2.24, 2.45) is 5.41 Å². The molecule has 2 aromatic carbocycles. The summed E-state index contributed by atoms with van der Waals surface area (Å²) in [5.41, 5.74) is 3.83. The van der Waals surface area contributed by atoms with E-state index in [1.807, 2.05) is 60.7 Å². The number of para-hydroxylation sites is 2.